The van der Waals surface area contributed by atoms with Crippen LogP contribution in [-0.4, -0.2) is 4.40 Å². The van der Waals surface area contributed by atoms with Crippen molar-refractivity contribution in [2.45, 2.75) is 6.92 Å². The van der Waals surface area contributed by atoms with Crippen molar-refractivity contribution >= 4 is 81.8 Å². The lowest BCUT2D eigenvalue weighted by atomic mass is 9.98. The third-order valence-corrected chi connectivity index (χ3v) is 8.49. The predicted octanol–water partition coefficient (Wildman–Crippen LogP) is 8.74. The molecule has 0 aliphatic carbocycles. The summed E-state index contributed by atoms with van der Waals surface area (Å²) in [5, 5.41) is 11.0. The lowest BCUT2D eigenvalue weighted by molar-refractivity contribution is -0.617. The van der Waals surface area contributed by atoms with Gasteiger partial charge in [-0.25, -0.2) is 4.57 Å². The number of hydrogen-bond donors (Lipinski definition) is 0. The maximum atomic E-state index is 6.59. The molecular weight excluding hydrogens is 464 g/mol. The van der Waals surface area contributed by atoms with Gasteiger partial charge in [-0.3, -0.25) is 0 Å². The van der Waals surface area contributed by atoms with Gasteiger partial charge in [0.05, 0.1) is 12.4 Å². The Hall–Kier alpha value is -4.89. The van der Waals surface area contributed by atoms with Gasteiger partial charge < -0.3 is 4.42 Å². The first-order chi connectivity index (χ1) is 18.7. The summed E-state index contributed by atoms with van der Waals surface area (Å²) in [7, 11) is 2.18. The van der Waals surface area contributed by atoms with Crippen molar-refractivity contribution in [3.63, 3.8) is 0 Å². The normalized spacial score (nSPS) is 12.5. The smallest absolute Gasteiger partial charge is 0.295 e. The summed E-state index contributed by atoms with van der Waals surface area (Å²) in [5.74, 6) is 0. The summed E-state index contributed by atoms with van der Waals surface area (Å²) < 4.78 is 11.4. The van der Waals surface area contributed by atoms with E-state index in [-0.39, 0.29) is 0 Å². The highest BCUT2D eigenvalue weighted by molar-refractivity contribution is 6.21. The van der Waals surface area contributed by atoms with Gasteiger partial charge >= 0.3 is 0 Å². The molecule has 0 radical (unpaired) electrons. The van der Waals surface area contributed by atoms with Gasteiger partial charge in [-0.15, -0.1) is 0 Å². The van der Waals surface area contributed by atoms with E-state index in [1.807, 2.05) is 0 Å². The molecule has 3 heteroatoms. The first-order valence-electron chi connectivity index (χ1n) is 13.1. The monoisotopic (exact) mass is 487 g/mol. The van der Waals surface area contributed by atoms with Crippen LogP contribution in [0.2, 0.25) is 0 Å². The van der Waals surface area contributed by atoms with Crippen molar-refractivity contribution in [3.8, 4) is 0 Å². The highest BCUT2D eigenvalue weighted by Gasteiger charge is 2.25. The predicted molar refractivity (Wildman–Crippen MR) is 158 cm³/mol. The number of aromatic nitrogens is 2. The van der Waals surface area contributed by atoms with E-state index >= 15 is 0 Å². The number of imidazole rings is 1. The SMILES string of the molecule is Cc1cccc2c3cc4oc5cc6c(ccc7ccccc76)cc5c4cc3n3c4ccccc4[n+](C)c3c12. The summed E-state index contributed by atoms with van der Waals surface area (Å²) >= 11 is 0. The molecule has 0 spiro atoms. The standard InChI is InChI=1S/C35H23N2O/c1-20-8-7-11-24-26-19-33-28(17-31(26)37-30-13-6-5-12-29(30)36(2)35(37)34(20)24)27-16-22-15-14-21-9-3-4-10-23(21)25(22)18-32(27)38-33/h3-19H,1-2H3/q+1. The molecule has 0 unspecified atom stereocenters. The number of benzene rings is 6. The van der Waals surface area contributed by atoms with E-state index in [0.717, 1.165) is 21.9 Å². The summed E-state index contributed by atoms with van der Waals surface area (Å²) in [6.07, 6.45) is 0. The van der Waals surface area contributed by atoms with Gasteiger partial charge in [0.25, 0.3) is 5.65 Å². The molecule has 0 saturated heterocycles. The van der Waals surface area contributed by atoms with Gasteiger partial charge in [-0.2, -0.15) is 4.40 Å². The minimum absolute atomic E-state index is 0.926. The summed E-state index contributed by atoms with van der Waals surface area (Å²) in [6.45, 7) is 2.21. The average molecular weight is 488 g/mol. The zero-order valence-electron chi connectivity index (χ0n) is 21.1. The number of rotatable bonds is 0. The van der Waals surface area contributed by atoms with Crippen LogP contribution in [0.1, 0.15) is 5.56 Å². The van der Waals surface area contributed by atoms with Gasteiger partial charge in [0.2, 0.25) is 0 Å². The largest absolute Gasteiger partial charge is 0.456 e. The summed E-state index contributed by atoms with van der Waals surface area (Å²) in [5.41, 5.74) is 7.98. The quantitative estimate of drug-likeness (QED) is 0.155. The van der Waals surface area contributed by atoms with Gasteiger partial charge in [-0.1, -0.05) is 66.7 Å². The first kappa shape index (κ1) is 20.2. The topological polar surface area (TPSA) is 21.4 Å². The van der Waals surface area contributed by atoms with Crippen molar-refractivity contribution in [2.24, 2.45) is 7.05 Å². The van der Waals surface area contributed by atoms with E-state index in [0.29, 0.717) is 0 Å². The average Bonchev–Trinajstić information content (AvgIpc) is 3.45. The van der Waals surface area contributed by atoms with Crippen LogP contribution in [0.5, 0.6) is 0 Å². The second-order valence-electron chi connectivity index (χ2n) is 10.5. The molecule has 3 nitrogen and oxygen atoms in total. The third kappa shape index (κ3) is 2.41. The van der Waals surface area contributed by atoms with Crippen LogP contribution >= 0.6 is 0 Å². The molecule has 6 aromatic carbocycles. The Morgan fingerprint density at radius 3 is 2.24 bits per heavy atom. The molecule has 0 N–H and O–H groups in total. The number of aryl methyl sites for hydroxylation is 2. The van der Waals surface area contributed by atoms with Gasteiger partial charge in [0, 0.05) is 21.5 Å². The highest BCUT2D eigenvalue weighted by Crippen LogP contribution is 2.40. The maximum Gasteiger partial charge on any atom is 0.295 e. The molecule has 9 rings (SSSR count). The van der Waals surface area contributed by atoms with Crippen LogP contribution in [0.25, 0.3) is 81.8 Å². The number of hydrogen-bond acceptors (Lipinski definition) is 1. The molecule has 178 valence electrons. The Morgan fingerprint density at radius 2 is 1.32 bits per heavy atom. The fourth-order valence-electron chi connectivity index (χ4n) is 6.74. The molecule has 0 saturated carbocycles. The number of furan rings is 1. The molecule has 0 atom stereocenters. The fourth-order valence-corrected chi connectivity index (χ4v) is 6.74. The summed E-state index contributed by atoms with van der Waals surface area (Å²) in [4.78, 5) is 0. The van der Waals surface area contributed by atoms with Crippen LogP contribution < -0.4 is 4.57 Å². The highest BCUT2D eigenvalue weighted by atomic mass is 16.3. The van der Waals surface area contributed by atoms with E-state index in [9.17, 15) is 0 Å². The van der Waals surface area contributed by atoms with Crippen LogP contribution in [0.4, 0.5) is 0 Å². The Bertz CT molecular complexity index is 2480. The van der Waals surface area contributed by atoms with E-state index in [1.54, 1.807) is 0 Å². The third-order valence-electron chi connectivity index (χ3n) is 8.49. The van der Waals surface area contributed by atoms with Gasteiger partial charge in [0.1, 0.15) is 16.7 Å². The Labute approximate surface area is 217 Å². The van der Waals surface area contributed by atoms with Gasteiger partial charge in [0.15, 0.2) is 11.0 Å². The van der Waals surface area contributed by atoms with E-state index in [1.165, 1.54) is 65.5 Å². The van der Waals surface area contributed by atoms with Crippen molar-refractivity contribution < 1.29 is 8.98 Å². The minimum Gasteiger partial charge on any atom is -0.456 e. The molecule has 0 aliphatic rings. The van der Waals surface area contributed by atoms with Crippen LogP contribution in [0.3, 0.4) is 0 Å². The second-order valence-corrected chi connectivity index (χ2v) is 10.5. The van der Waals surface area contributed by atoms with E-state index < -0.39 is 0 Å². The van der Waals surface area contributed by atoms with E-state index in [2.05, 4.69) is 126 Å². The van der Waals surface area contributed by atoms with Gasteiger partial charge in [-0.05, 0) is 70.4 Å². The zero-order chi connectivity index (χ0) is 25.1. The first-order valence-corrected chi connectivity index (χ1v) is 13.1. The molecule has 3 aromatic heterocycles. The fraction of sp³-hybridized carbons (Fsp3) is 0.0571. The number of fused-ring (bicyclic) bond motifs is 14. The van der Waals surface area contributed by atoms with E-state index in [4.69, 9.17) is 4.42 Å². The van der Waals surface area contributed by atoms with Crippen LogP contribution in [-0.2, 0) is 7.05 Å². The minimum atomic E-state index is 0.926. The van der Waals surface area contributed by atoms with Crippen molar-refractivity contribution in [3.05, 3.63) is 109 Å². The molecular formula is C35H23N2O+. The zero-order valence-corrected chi connectivity index (χ0v) is 21.1. The van der Waals surface area contributed by atoms with Crippen LogP contribution in [0, 0.1) is 6.92 Å². The van der Waals surface area contributed by atoms with Crippen molar-refractivity contribution in [2.75, 3.05) is 0 Å². The molecule has 3 heterocycles. The summed E-state index contributed by atoms with van der Waals surface area (Å²) in [6, 6.07) is 37.4. The Morgan fingerprint density at radius 1 is 0.579 bits per heavy atom. The van der Waals surface area contributed by atoms with Crippen molar-refractivity contribution in [1.82, 2.24) is 4.40 Å². The molecule has 0 bridgehead atoms. The number of pyridine rings is 1. The molecule has 0 fully saturated rings. The molecule has 0 amide bonds. The molecule has 38 heavy (non-hydrogen) atoms. The van der Waals surface area contributed by atoms with Crippen molar-refractivity contribution in [1.29, 1.82) is 0 Å². The number of para-hydroxylation sites is 2. The second kappa shape index (κ2) is 6.90. The lowest BCUT2D eigenvalue weighted by Crippen LogP contribution is -2.27. The maximum absolute atomic E-state index is 6.59. The lowest BCUT2D eigenvalue weighted by Gasteiger charge is -2.07. The Kier molecular flexibility index (Phi) is 3.67. The molecule has 9 aromatic rings. The molecule has 0 aliphatic heterocycles. The number of nitrogens with zero attached hydrogens (tertiary/aromatic N) is 2. The Balaban J connectivity index is 1.52. The van der Waals surface area contributed by atoms with Crippen LogP contribution in [0.15, 0.2) is 108 Å².